The fourth-order valence-corrected chi connectivity index (χ4v) is 0.757. The third-order valence-corrected chi connectivity index (χ3v) is 1.34. The van der Waals surface area contributed by atoms with Crippen LogP contribution in [0.15, 0.2) is 12.1 Å². The Balaban J connectivity index is 2.25. The van der Waals surface area contributed by atoms with Gasteiger partial charge in [0.2, 0.25) is 5.88 Å². The quantitative estimate of drug-likeness (QED) is 0.672. The van der Waals surface area contributed by atoms with Crippen LogP contribution in [0.25, 0.3) is 0 Å². The first kappa shape index (κ1) is 9.73. The summed E-state index contributed by atoms with van der Waals surface area (Å²) >= 11 is 0. The van der Waals surface area contributed by atoms with Gasteiger partial charge >= 0.3 is 0 Å². The third kappa shape index (κ3) is 3.71. The number of hydrogen-bond acceptors (Lipinski definition) is 5. The van der Waals surface area contributed by atoms with Crippen LogP contribution in [0.5, 0.6) is 5.88 Å². The summed E-state index contributed by atoms with van der Waals surface area (Å²) in [4.78, 5) is 0. The van der Waals surface area contributed by atoms with E-state index in [0.29, 0.717) is 31.5 Å². The van der Waals surface area contributed by atoms with Crippen LogP contribution in [0, 0.1) is 0 Å². The van der Waals surface area contributed by atoms with E-state index in [2.05, 4.69) is 10.2 Å². The molecular formula is C8H13N3O2. The van der Waals surface area contributed by atoms with Crippen molar-refractivity contribution in [1.29, 1.82) is 0 Å². The van der Waals surface area contributed by atoms with Crippen LogP contribution < -0.4 is 10.5 Å². The van der Waals surface area contributed by atoms with E-state index >= 15 is 0 Å². The predicted octanol–water partition coefficient (Wildman–Crippen LogP) is 0.474. The lowest BCUT2D eigenvalue weighted by Crippen LogP contribution is -2.07. The van der Waals surface area contributed by atoms with Gasteiger partial charge in [-0.25, -0.2) is 0 Å². The first-order valence-electron chi connectivity index (χ1n) is 4.12. The van der Waals surface area contributed by atoms with Crippen molar-refractivity contribution in [2.75, 3.05) is 25.6 Å². The number of anilines is 1. The molecule has 0 fully saturated rings. The number of rotatable bonds is 5. The molecule has 5 heteroatoms. The van der Waals surface area contributed by atoms with E-state index in [1.165, 1.54) is 0 Å². The van der Waals surface area contributed by atoms with E-state index in [1.807, 2.05) is 6.92 Å². The fraction of sp³-hybridized carbons (Fsp3) is 0.500. The van der Waals surface area contributed by atoms with Crippen LogP contribution in [0.2, 0.25) is 0 Å². The van der Waals surface area contributed by atoms with Gasteiger partial charge in [0, 0.05) is 12.7 Å². The molecule has 0 aliphatic carbocycles. The van der Waals surface area contributed by atoms with Gasteiger partial charge in [-0.2, -0.15) is 0 Å². The van der Waals surface area contributed by atoms with Crippen molar-refractivity contribution in [2.24, 2.45) is 0 Å². The molecular weight excluding hydrogens is 170 g/mol. The molecule has 1 rings (SSSR count). The Morgan fingerprint density at radius 3 is 2.77 bits per heavy atom. The highest BCUT2D eigenvalue weighted by molar-refractivity contribution is 5.27. The summed E-state index contributed by atoms with van der Waals surface area (Å²) in [7, 11) is 0. The zero-order chi connectivity index (χ0) is 9.52. The van der Waals surface area contributed by atoms with Gasteiger partial charge in [0.1, 0.15) is 12.4 Å². The number of nitrogens with zero attached hydrogens (tertiary/aromatic N) is 2. The Labute approximate surface area is 76.9 Å². The minimum absolute atomic E-state index is 0.386. The number of hydrogen-bond donors (Lipinski definition) is 1. The van der Waals surface area contributed by atoms with Gasteiger partial charge < -0.3 is 15.2 Å². The summed E-state index contributed by atoms with van der Waals surface area (Å²) in [5.41, 5.74) is 5.35. The van der Waals surface area contributed by atoms with Gasteiger partial charge in [-0.1, -0.05) is 0 Å². The van der Waals surface area contributed by atoms with E-state index in [4.69, 9.17) is 15.2 Å². The molecule has 13 heavy (non-hydrogen) atoms. The zero-order valence-corrected chi connectivity index (χ0v) is 7.56. The zero-order valence-electron chi connectivity index (χ0n) is 7.56. The molecule has 0 amide bonds. The summed E-state index contributed by atoms with van der Waals surface area (Å²) in [5.74, 6) is 0.853. The second kappa shape index (κ2) is 5.31. The first-order valence-corrected chi connectivity index (χ1v) is 4.12. The molecule has 72 valence electrons. The average Bonchev–Trinajstić information content (AvgIpc) is 2.15. The van der Waals surface area contributed by atoms with E-state index < -0.39 is 0 Å². The fourth-order valence-electron chi connectivity index (χ4n) is 0.757. The van der Waals surface area contributed by atoms with E-state index in [1.54, 1.807) is 12.1 Å². The molecule has 0 aliphatic rings. The minimum atomic E-state index is 0.386. The number of nitrogens with two attached hydrogens (primary N) is 1. The van der Waals surface area contributed by atoms with Crippen molar-refractivity contribution < 1.29 is 9.47 Å². The third-order valence-electron chi connectivity index (χ3n) is 1.34. The monoisotopic (exact) mass is 183 g/mol. The Bertz CT molecular complexity index is 238. The van der Waals surface area contributed by atoms with Crippen molar-refractivity contribution in [3.63, 3.8) is 0 Å². The van der Waals surface area contributed by atoms with E-state index in [0.717, 1.165) is 0 Å². The lowest BCUT2D eigenvalue weighted by atomic mass is 10.5. The molecule has 1 aromatic heterocycles. The molecule has 0 radical (unpaired) electrons. The molecule has 1 aromatic rings. The minimum Gasteiger partial charge on any atom is -0.474 e. The molecule has 0 saturated carbocycles. The molecule has 0 atom stereocenters. The highest BCUT2D eigenvalue weighted by Gasteiger charge is 1.94. The van der Waals surface area contributed by atoms with Crippen molar-refractivity contribution in [3.8, 4) is 5.88 Å². The van der Waals surface area contributed by atoms with Crippen molar-refractivity contribution in [2.45, 2.75) is 6.92 Å². The molecule has 0 bridgehead atoms. The van der Waals surface area contributed by atoms with Gasteiger partial charge in [0.15, 0.2) is 0 Å². The van der Waals surface area contributed by atoms with Crippen LogP contribution >= 0.6 is 0 Å². The second-order valence-corrected chi connectivity index (χ2v) is 2.34. The molecule has 0 unspecified atom stereocenters. The summed E-state index contributed by atoms with van der Waals surface area (Å²) < 4.78 is 10.3. The highest BCUT2D eigenvalue weighted by Crippen LogP contribution is 2.04. The smallest absolute Gasteiger partial charge is 0.233 e. The number of nitrogen functional groups attached to an aromatic ring is 1. The molecule has 0 saturated heterocycles. The summed E-state index contributed by atoms with van der Waals surface area (Å²) in [6.45, 7) is 3.66. The Kier molecular flexibility index (Phi) is 3.98. The maximum Gasteiger partial charge on any atom is 0.233 e. The van der Waals surface area contributed by atoms with Gasteiger partial charge in [-0.3, -0.25) is 0 Å². The maximum atomic E-state index is 5.35. The van der Waals surface area contributed by atoms with Crippen molar-refractivity contribution in [1.82, 2.24) is 10.2 Å². The molecule has 1 heterocycles. The topological polar surface area (TPSA) is 70.3 Å². The normalized spacial score (nSPS) is 9.92. The number of aromatic nitrogens is 2. The van der Waals surface area contributed by atoms with Crippen LogP contribution in [0.3, 0.4) is 0 Å². The van der Waals surface area contributed by atoms with E-state index in [-0.39, 0.29) is 0 Å². The molecule has 2 N–H and O–H groups in total. The summed E-state index contributed by atoms with van der Waals surface area (Å²) in [6.07, 6.45) is 0. The van der Waals surface area contributed by atoms with Gasteiger partial charge in [0.25, 0.3) is 0 Å². The largest absolute Gasteiger partial charge is 0.474 e. The van der Waals surface area contributed by atoms with Crippen LogP contribution in [0.4, 0.5) is 5.82 Å². The number of ether oxygens (including phenoxy) is 2. The average molecular weight is 183 g/mol. The van der Waals surface area contributed by atoms with Crippen LogP contribution in [-0.2, 0) is 4.74 Å². The first-order chi connectivity index (χ1) is 6.33. The van der Waals surface area contributed by atoms with Crippen LogP contribution in [-0.4, -0.2) is 30.0 Å². The maximum absolute atomic E-state index is 5.35. The predicted molar refractivity (Wildman–Crippen MR) is 48.4 cm³/mol. The van der Waals surface area contributed by atoms with Crippen molar-refractivity contribution >= 4 is 5.82 Å². The second-order valence-electron chi connectivity index (χ2n) is 2.34. The summed E-state index contributed by atoms with van der Waals surface area (Å²) in [6, 6.07) is 3.32. The molecule has 0 spiro atoms. The SMILES string of the molecule is CCOCCOc1ccc(N)nn1. The molecule has 5 nitrogen and oxygen atoms in total. The lowest BCUT2D eigenvalue weighted by Gasteiger charge is -2.03. The Morgan fingerprint density at radius 1 is 1.31 bits per heavy atom. The highest BCUT2D eigenvalue weighted by atomic mass is 16.5. The molecule has 0 aliphatic heterocycles. The van der Waals surface area contributed by atoms with Gasteiger partial charge in [-0.15, -0.1) is 10.2 Å². The van der Waals surface area contributed by atoms with Gasteiger partial charge in [-0.05, 0) is 13.0 Å². The molecule has 0 aromatic carbocycles. The Hall–Kier alpha value is -1.36. The van der Waals surface area contributed by atoms with E-state index in [9.17, 15) is 0 Å². The standard InChI is InChI=1S/C8H13N3O2/c1-2-12-5-6-13-8-4-3-7(9)10-11-8/h3-4H,2,5-6H2,1H3,(H2,9,10). The van der Waals surface area contributed by atoms with Crippen LogP contribution in [0.1, 0.15) is 6.92 Å². The lowest BCUT2D eigenvalue weighted by molar-refractivity contribution is 0.108. The summed E-state index contributed by atoms with van der Waals surface area (Å²) in [5, 5.41) is 7.36. The Morgan fingerprint density at radius 2 is 2.15 bits per heavy atom. The van der Waals surface area contributed by atoms with Gasteiger partial charge in [0.05, 0.1) is 6.61 Å². The van der Waals surface area contributed by atoms with Crippen molar-refractivity contribution in [3.05, 3.63) is 12.1 Å².